The molecule has 0 radical (unpaired) electrons. The molecule has 1 aromatic carbocycles. The number of hydrogen-bond acceptors (Lipinski definition) is 9. The van der Waals surface area contributed by atoms with E-state index in [-0.39, 0.29) is 74.5 Å². The lowest BCUT2D eigenvalue weighted by Gasteiger charge is -2.51. The summed E-state index contributed by atoms with van der Waals surface area (Å²) in [5.41, 5.74) is -3.95. The predicted octanol–water partition coefficient (Wildman–Crippen LogP) is 5.91. The molecule has 2 saturated carbocycles. The Morgan fingerprint density at radius 1 is 0.938 bits per heavy atom. The van der Waals surface area contributed by atoms with Crippen LogP contribution in [0.5, 0.6) is 0 Å². The molecule has 5 saturated heterocycles. The summed E-state index contributed by atoms with van der Waals surface area (Å²) < 4.78 is 95.5. The van der Waals surface area contributed by atoms with Crippen LogP contribution in [0.3, 0.4) is 0 Å². The average Bonchev–Trinajstić information content (AvgIpc) is 3.55. The first-order valence-electron chi connectivity index (χ1n) is 21.9. The van der Waals surface area contributed by atoms with Crippen LogP contribution in [0.1, 0.15) is 90.7 Å². The monoisotopic (exact) mass is 919 g/mol. The van der Waals surface area contributed by atoms with Crippen molar-refractivity contribution in [2.45, 2.75) is 101 Å². The second-order valence-corrected chi connectivity index (χ2v) is 19.9. The summed E-state index contributed by atoms with van der Waals surface area (Å²) in [6, 6.07) is 3.41. The minimum absolute atomic E-state index is 0.0603. The Morgan fingerprint density at radius 2 is 1.62 bits per heavy atom. The molecule has 10 rings (SSSR count). The Morgan fingerprint density at radius 3 is 2.22 bits per heavy atom. The standard InChI is InChI=1S/C44H51F6N7O6S/c1-27(62-25-40-10-6-32(7-11-40)63-26-40)34(38(60)54-15-8-29(9-16-54)36-51-14-17-64-36)53-35(58)33-21-55(22-41(33)23-56(24-41)39(61)42(12-13-42)44(48,49)50)37(59)30-18-52-57(20-30)19-28-2-4-31(5-3-28)43(45,46)47/h2-5,14,17-18,20,27,29,32-34H,6-13,15-16,19,21-26H2,1H3,(H,53,58)/t27-,32?,33+,34+,40?/m1/s1. The van der Waals surface area contributed by atoms with Gasteiger partial charge in [0, 0.05) is 73.8 Å². The van der Waals surface area contributed by atoms with Crippen LogP contribution in [0.4, 0.5) is 26.3 Å². The number of nitrogens with one attached hydrogen (secondary N) is 1. The molecule has 7 heterocycles. The number of thiazole rings is 1. The molecule has 64 heavy (non-hydrogen) atoms. The fourth-order valence-electron chi connectivity index (χ4n) is 10.5. The van der Waals surface area contributed by atoms with Crippen molar-refractivity contribution < 1.29 is 55.0 Å². The summed E-state index contributed by atoms with van der Waals surface area (Å²) in [4.78, 5) is 65.6. The number of fused-ring (bicyclic) bond motifs is 3. The minimum Gasteiger partial charge on any atom is -0.378 e. The third-order valence-corrected chi connectivity index (χ3v) is 15.6. The van der Waals surface area contributed by atoms with Gasteiger partial charge in [-0.15, -0.1) is 11.3 Å². The first kappa shape index (κ1) is 44.6. The van der Waals surface area contributed by atoms with Crippen molar-refractivity contribution in [2.75, 3.05) is 52.5 Å². The first-order chi connectivity index (χ1) is 30.4. The van der Waals surface area contributed by atoms with Gasteiger partial charge in [-0.3, -0.25) is 23.9 Å². The Balaban J connectivity index is 0.937. The van der Waals surface area contributed by atoms with Gasteiger partial charge in [-0.1, -0.05) is 12.1 Å². The summed E-state index contributed by atoms with van der Waals surface area (Å²) in [7, 11) is 0. The molecule has 346 valence electrons. The molecule has 5 aliphatic heterocycles. The van der Waals surface area contributed by atoms with E-state index >= 15 is 0 Å². The first-order valence-corrected chi connectivity index (χ1v) is 22.8. The number of carbonyl (C=O) groups excluding carboxylic acids is 4. The van der Waals surface area contributed by atoms with Crippen molar-refractivity contribution in [1.29, 1.82) is 0 Å². The van der Waals surface area contributed by atoms with Gasteiger partial charge < -0.3 is 29.5 Å². The van der Waals surface area contributed by atoms with Gasteiger partial charge in [-0.2, -0.15) is 31.4 Å². The van der Waals surface area contributed by atoms with Crippen LogP contribution < -0.4 is 5.32 Å². The van der Waals surface area contributed by atoms with Crippen LogP contribution >= 0.6 is 11.3 Å². The molecule has 0 unspecified atom stereocenters. The zero-order valence-corrected chi connectivity index (χ0v) is 36.2. The second-order valence-electron chi connectivity index (χ2n) is 18.9. The maximum Gasteiger partial charge on any atom is 0.416 e. The second kappa shape index (κ2) is 16.7. The number of hydrogen-bond donors (Lipinski definition) is 1. The van der Waals surface area contributed by atoms with Gasteiger partial charge in [0.1, 0.15) is 11.5 Å². The van der Waals surface area contributed by atoms with E-state index in [4.69, 9.17) is 9.47 Å². The van der Waals surface area contributed by atoms with Crippen LogP contribution in [0.25, 0.3) is 0 Å². The lowest BCUT2D eigenvalue weighted by atomic mass is 9.70. The van der Waals surface area contributed by atoms with Crippen molar-refractivity contribution >= 4 is 35.0 Å². The van der Waals surface area contributed by atoms with Crippen LogP contribution in [0.2, 0.25) is 0 Å². The van der Waals surface area contributed by atoms with Gasteiger partial charge >= 0.3 is 12.4 Å². The number of likely N-dealkylation sites (tertiary alicyclic amines) is 3. The number of benzene rings is 1. The van der Waals surface area contributed by atoms with E-state index in [9.17, 15) is 45.5 Å². The lowest BCUT2D eigenvalue weighted by molar-refractivity contribution is -0.205. The van der Waals surface area contributed by atoms with Crippen LogP contribution in [0, 0.1) is 22.2 Å². The minimum atomic E-state index is -4.73. The van der Waals surface area contributed by atoms with E-state index in [0.717, 1.165) is 47.7 Å². The molecule has 2 bridgehead atoms. The number of rotatable bonds is 12. The number of halogens is 6. The summed E-state index contributed by atoms with van der Waals surface area (Å²) in [6.45, 7) is 2.94. The molecule has 3 aromatic rings. The number of aromatic nitrogens is 3. The number of nitrogens with zero attached hydrogens (tertiary/aromatic N) is 6. The number of amides is 4. The Kier molecular flexibility index (Phi) is 11.6. The molecule has 4 amide bonds. The molecule has 20 heteroatoms. The molecule has 13 nitrogen and oxygen atoms in total. The summed E-state index contributed by atoms with van der Waals surface area (Å²) in [5.74, 6) is -3.29. The normalized spacial score (nSPS) is 26.1. The number of carbonyl (C=O) groups is 4. The number of alkyl halides is 6. The van der Waals surface area contributed by atoms with E-state index in [0.29, 0.717) is 44.7 Å². The highest BCUT2D eigenvalue weighted by molar-refractivity contribution is 7.09. The Labute approximate surface area is 369 Å². The van der Waals surface area contributed by atoms with E-state index in [1.165, 1.54) is 34.1 Å². The quantitative estimate of drug-likeness (QED) is 0.222. The van der Waals surface area contributed by atoms with Crippen LogP contribution in [-0.4, -0.2) is 130 Å². The topological polar surface area (TPSA) is 139 Å². The molecule has 1 N–H and O–H groups in total. The van der Waals surface area contributed by atoms with Crippen molar-refractivity contribution in [3.05, 3.63) is 69.9 Å². The van der Waals surface area contributed by atoms with Crippen molar-refractivity contribution in [1.82, 2.24) is 34.8 Å². The maximum atomic E-state index is 14.8. The molecule has 2 aliphatic carbocycles. The maximum absolute atomic E-state index is 14.8. The van der Waals surface area contributed by atoms with Gasteiger partial charge in [0.2, 0.25) is 17.7 Å². The van der Waals surface area contributed by atoms with E-state index < -0.39 is 64.5 Å². The fraction of sp³-hybridized carbons (Fsp3) is 0.636. The molecule has 7 aliphatic rings. The highest BCUT2D eigenvalue weighted by atomic mass is 32.1. The average molecular weight is 920 g/mol. The molecule has 7 fully saturated rings. The summed E-state index contributed by atoms with van der Waals surface area (Å²) in [5, 5.41) is 10.2. The van der Waals surface area contributed by atoms with E-state index in [1.807, 2.05) is 5.38 Å². The fourth-order valence-corrected chi connectivity index (χ4v) is 11.3. The van der Waals surface area contributed by atoms with Crippen LogP contribution in [-0.2, 0) is 36.6 Å². The van der Waals surface area contributed by atoms with Crippen molar-refractivity contribution in [2.24, 2.45) is 22.2 Å². The molecule has 1 spiro atoms. The number of ether oxygens (including phenoxy) is 2. The molecule has 3 atom stereocenters. The van der Waals surface area contributed by atoms with E-state index in [1.54, 1.807) is 29.4 Å². The Bertz CT molecular complexity index is 2190. The van der Waals surface area contributed by atoms with Gasteiger partial charge in [0.15, 0.2) is 0 Å². The highest BCUT2D eigenvalue weighted by Gasteiger charge is 2.72. The van der Waals surface area contributed by atoms with Gasteiger partial charge in [0.25, 0.3) is 5.91 Å². The lowest BCUT2D eigenvalue weighted by Crippen LogP contribution is -2.67. The molecular weight excluding hydrogens is 869 g/mol. The van der Waals surface area contributed by atoms with Crippen molar-refractivity contribution in [3.63, 3.8) is 0 Å². The van der Waals surface area contributed by atoms with Crippen molar-refractivity contribution in [3.8, 4) is 0 Å². The molecular formula is C44H51F6N7O6S. The zero-order valence-electron chi connectivity index (χ0n) is 35.3. The third kappa shape index (κ3) is 8.53. The molecule has 2 aromatic heterocycles. The Hall–Kier alpha value is -4.56. The van der Waals surface area contributed by atoms with E-state index in [2.05, 4.69) is 15.4 Å². The van der Waals surface area contributed by atoms with Gasteiger partial charge in [-0.25, -0.2) is 4.98 Å². The van der Waals surface area contributed by atoms with Gasteiger partial charge in [0.05, 0.1) is 60.2 Å². The predicted molar refractivity (Wildman–Crippen MR) is 218 cm³/mol. The zero-order chi connectivity index (χ0) is 45.2. The number of piperidine rings is 1. The smallest absolute Gasteiger partial charge is 0.378 e. The summed E-state index contributed by atoms with van der Waals surface area (Å²) in [6.07, 6.45) is -0.848. The SMILES string of the molecule is C[C@@H](OCC12CCC(CC1)OC2)[C@H](NC(=O)[C@@H]1CN(C(=O)c2cnn(Cc3ccc(C(F)(F)F)cc3)c2)CC12CN(C(=O)C1(C(F)(F)F)CC1)C2)C(=O)N1CCC(c2nccs2)CC1. The third-order valence-electron chi connectivity index (χ3n) is 14.7. The largest absolute Gasteiger partial charge is 0.416 e. The van der Waals surface area contributed by atoms with Crippen LogP contribution in [0.15, 0.2) is 48.2 Å². The van der Waals surface area contributed by atoms with Gasteiger partial charge in [-0.05, 0) is 76.0 Å². The highest BCUT2D eigenvalue weighted by Crippen LogP contribution is 2.60. The summed E-state index contributed by atoms with van der Waals surface area (Å²) >= 11 is 1.57.